The molecule has 2 heterocycles. The van der Waals surface area contributed by atoms with Crippen molar-refractivity contribution < 1.29 is 19.5 Å². The normalized spacial score (nSPS) is 21.0. The van der Waals surface area contributed by atoms with Gasteiger partial charge in [0.25, 0.3) is 0 Å². The Balaban J connectivity index is 1.53. The predicted molar refractivity (Wildman–Crippen MR) is 101 cm³/mol. The van der Waals surface area contributed by atoms with Crippen LogP contribution in [-0.4, -0.2) is 39.1 Å². The average molecular weight is 382 g/mol. The SMILES string of the molecule is O=C(O)[C@H]1Cc2ccccc2CN1C(=O)C[C@H]1Sc2ccccc2NC1=O. The average Bonchev–Trinajstić information content (AvgIpc) is 2.67. The van der Waals surface area contributed by atoms with Crippen molar-refractivity contribution in [3.05, 3.63) is 59.7 Å². The second-order valence-corrected chi connectivity index (χ2v) is 7.89. The van der Waals surface area contributed by atoms with E-state index in [0.717, 1.165) is 21.7 Å². The molecule has 2 N–H and O–H groups in total. The zero-order valence-electron chi connectivity index (χ0n) is 14.4. The van der Waals surface area contributed by atoms with Gasteiger partial charge in [-0.25, -0.2) is 4.79 Å². The highest BCUT2D eigenvalue weighted by atomic mass is 32.2. The number of anilines is 1. The molecule has 0 aromatic heterocycles. The minimum absolute atomic E-state index is 0.0310. The molecule has 2 aliphatic heterocycles. The van der Waals surface area contributed by atoms with Crippen molar-refractivity contribution in [1.29, 1.82) is 0 Å². The van der Waals surface area contributed by atoms with Crippen LogP contribution in [-0.2, 0) is 27.3 Å². The molecule has 0 radical (unpaired) electrons. The lowest BCUT2D eigenvalue weighted by Gasteiger charge is -2.35. The van der Waals surface area contributed by atoms with Gasteiger partial charge in [0.1, 0.15) is 6.04 Å². The number of para-hydroxylation sites is 1. The van der Waals surface area contributed by atoms with E-state index in [0.29, 0.717) is 0 Å². The van der Waals surface area contributed by atoms with E-state index in [1.54, 1.807) is 0 Å². The molecule has 0 fully saturated rings. The van der Waals surface area contributed by atoms with Gasteiger partial charge in [0.2, 0.25) is 11.8 Å². The number of hydrogen-bond donors (Lipinski definition) is 2. The van der Waals surface area contributed by atoms with E-state index in [2.05, 4.69) is 5.32 Å². The fourth-order valence-electron chi connectivity index (χ4n) is 3.51. The lowest BCUT2D eigenvalue weighted by molar-refractivity contribution is -0.151. The predicted octanol–water partition coefficient (Wildman–Crippen LogP) is 2.53. The minimum atomic E-state index is -1.02. The number of carboxylic acids is 1. The Labute approximate surface area is 160 Å². The molecule has 2 aliphatic rings. The second-order valence-electron chi connectivity index (χ2n) is 6.64. The van der Waals surface area contributed by atoms with Crippen molar-refractivity contribution in [2.45, 2.75) is 35.6 Å². The number of carbonyl (C=O) groups is 3. The number of carboxylic acid groups (broad SMARTS) is 1. The molecule has 2 atom stereocenters. The highest BCUT2D eigenvalue weighted by Gasteiger charge is 2.37. The van der Waals surface area contributed by atoms with Crippen LogP contribution in [0.3, 0.4) is 0 Å². The number of aliphatic carboxylic acids is 1. The van der Waals surface area contributed by atoms with E-state index in [1.807, 2.05) is 48.5 Å². The molecule has 0 saturated heterocycles. The van der Waals surface area contributed by atoms with Gasteiger partial charge in [-0.2, -0.15) is 0 Å². The Morgan fingerprint density at radius 1 is 1.11 bits per heavy atom. The standard InChI is InChI=1S/C20H18N2O4S/c23-18(10-17-19(24)21-14-7-3-4-8-16(14)27-17)22-11-13-6-2-1-5-12(13)9-15(22)20(25)26/h1-8,15,17H,9-11H2,(H,21,24)(H,25,26)/t15-,17-/m1/s1. The molecular weight excluding hydrogens is 364 g/mol. The van der Waals surface area contributed by atoms with Gasteiger partial charge < -0.3 is 15.3 Å². The number of hydrogen-bond acceptors (Lipinski definition) is 4. The summed E-state index contributed by atoms with van der Waals surface area (Å²) >= 11 is 1.35. The van der Waals surface area contributed by atoms with Gasteiger partial charge >= 0.3 is 5.97 Å². The molecule has 0 bridgehead atoms. The molecule has 2 aromatic rings. The van der Waals surface area contributed by atoms with Gasteiger partial charge in [0, 0.05) is 24.3 Å². The zero-order chi connectivity index (χ0) is 19.0. The second kappa shape index (κ2) is 7.08. The number of thioether (sulfide) groups is 1. The summed E-state index contributed by atoms with van der Waals surface area (Å²) in [6.07, 6.45) is 0.251. The first kappa shape index (κ1) is 17.6. The summed E-state index contributed by atoms with van der Waals surface area (Å²) in [4.78, 5) is 39.3. The number of nitrogens with one attached hydrogen (secondary N) is 1. The fourth-order valence-corrected chi connectivity index (χ4v) is 4.61. The summed E-state index contributed by atoms with van der Waals surface area (Å²) in [5.41, 5.74) is 2.65. The topological polar surface area (TPSA) is 86.7 Å². The van der Waals surface area contributed by atoms with Crippen molar-refractivity contribution in [3.63, 3.8) is 0 Å². The van der Waals surface area contributed by atoms with E-state index < -0.39 is 17.3 Å². The van der Waals surface area contributed by atoms with Crippen LogP contribution in [0.2, 0.25) is 0 Å². The van der Waals surface area contributed by atoms with Gasteiger partial charge in [-0.3, -0.25) is 9.59 Å². The van der Waals surface area contributed by atoms with E-state index in [-0.39, 0.29) is 31.2 Å². The van der Waals surface area contributed by atoms with Crippen LogP contribution in [0, 0.1) is 0 Å². The van der Waals surface area contributed by atoms with E-state index >= 15 is 0 Å². The molecule has 6 nitrogen and oxygen atoms in total. The van der Waals surface area contributed by atoms with Crippen molar-refractivity contribution in [3.8, 4) is 0 Å². The number of amides is 2. The third kappa shape index (κ3) is 3.42. The summed E-state index contributed by atoms with van der Waals surface area (Å²) in [5.74, 6) is -1.57. The molecular formula is C20H18N2O4S. The maximum absolute atomic E-state index is 12.9. The Morgan fingerprint density at radius 3 is 2.59 bits per heavy atom. The summed E-state index contributed by atoms with van der Waals surface area (Å²) in [5, 5.41) is 11.8. The van der Waals surface area contributed by atoms with Crippen LogP contribution in [0.1, 0.15) is 17.5 Å². The monoisotopic (exact) mass is 382 g/mol. The highest BCUT2D eigenvalue weighted by molar-refractivity contribution is 8.01. The number of nitrogens with zero attached hydrogens (tertiary/aromatic N) is 1. The molecule has 138 valence electrons. The maximum Gasteiger partial charge on any atom is 0.326 e. The van der Waals surface area contributed by atoms with Crippen LogP contribution in [0.15, 0.2) is 53.4 Å². The van der Waals surface area contributed by atoms with Crippen LogP contribution in [0.5, 0.6) is 0 Å². The number of benzene rings is 2. The number of fused-ring (bicyclic) bond motifs is 2. The van der Waals surface area contributed by atoms with Crippen LogP contribution in [0.4, 0.5) is 5.69 Å². The van der Waals surface area contributed by atoms with Crippen LogP contribution in [0.25, 0.3) is 0 Å². The largest absolute Gasteiger partial charge is 0.480 e. The van der Waals surface area contributed by atoms with Crippen molar-refractivity contribution in [1.82, 2.24) is 4.90 Å². The Kier molecular flexibility index (Phi) is 4.61. The molecule has 7 heteroatoms. The molecule has 0 spiro atoms. The fraction of sp³-hybridized carbons (Fsp3) is 0.250. The first-order valence-electron chi connectivity index (χ1n) is 8.68. The molecule has 2 aromatic carbocycles. The zero-order valence-corrected chi connectivity index (χ0v) is 15.2. The lowest BCUT2D eigenvalue weighted by atomic mass is 9.93. The highest BCUT2D eigenvalue weighted by Crippen LogP contribution is 2.37. The lowest BCUT2D eigenvalue weighted by Crippen LogP contribution is -2.49. The summed E-state index contributed by atoms with van der Waals surface area (Å²) in [7, 11) is 0. The van der Waals surface area contributed by atoms with Crippen LogP contribution < -0.4 is 5.32 Å². The Bertz CT molecular complexity index is 930. The molecule has 2 amide bonds. The summed E-state index contributed by atoms with van der Waals surface area (Å²) in [6.45, 7) is 0.252. The van der Waals surface area contributed by atoms with Crippen LogP contribution >= 0.6 is 11.8 Å². The Morgan fingerprint density at radius 2 is 1.81 bits per heavy atom. The molecule has 0 aliphatic carbocycles. The van der Waals surface area contributed by atoms with Crippen molar-refractivity contribution in [2.75, 3.05) is 5.32 Å². The first-order valence-corrected chi connectivity index (χ1v) is 9.56. The third-order valence-electron chi connectivity index (χ3n) is 4.92. The summed E-state index contributed by atoms with van der Waals surface area (Å²) in [6, 6.07) is 14.1. The Hall–Kier alpha value is -2.80. The van der Waals surface area contributed by atoms with Crippen molar-refractivity contribution >= 4 is 35.2 Å². The van der Waals surface area contributed by atoms with E-state index in [1.165, 1.54) is 16.7 Å². The smallest absolute Gasteiger partial charge is 0.326 e. The van der Waals surface area contributed by atoms with E-state index in [4.69, 9.17) is 0 Å². The molecule has 27 heavy (non-hydrogen) atoms. The quantitative estimate of drug-likeness (QED) is 0.852. The summed E-state index contributed by atoms with van der Waals surface area (Å²) < 4.78 is 0. The maximum atomic E-state index is 12.9. The van der Waals surface area contributed by atoms with Gasteiger partial charge in [0.15, 0.2) is 0 Å². The van der Waals surface area contributed by atoms with Gasteiger partial charge in [-0.05, 0) is 23.3 Å². The van der Waals surface area contributed by atoms with Gasteiger partial charge in [-0.1, -0.05) is 36.4 Å². The molecule has 0 unspecified atom stereocenters. The first-order chi connectivity index (χ1) is 13.0. The number of rotatable bonds is 3. The van der Waals surface area contributed by atoms with Crippen molar-refractivity contribution in [2.24, 2.45) is 0 Å². The third-order valence-corrected chi connectivity index (χ3v) is 6.20. The van der Waals surface area contributed by atoms with Gasteiger partial charge in [-0.15, -0.1) is 11.8 Å². The van der Waals surface area contributed by atoms with Gasteiger partial charge in [0.05, 0.1) is 10.9 Å². The number of carbonyl (C=O) groups excluding carboxylic acids is 2. The van der Waals surface area contributed by atoms with E-state index in [9.17, 15) is 19.5 Å². The molecule has 0 saturated carbocycles. The minimum Gasteiger partial charge on any atom is -0.480 e. The molecule has 4 rings (SSSR count).